The van der Waals surface area contributed by atoms with Crippen molar-refractivity contribution in [2.45, 2.75) is 19.4 Å². The molecule has 0 saturated heterocycles. The van der Waals surface area contributed by atoms with Gasteiger partial charge in [0.25, 0.3) is 0 Å². The third-order valence-corrected chi connectivity index (χ3v) is 3.37. The van der Waals surface area contributed by atoms with Gasteiger partial charge in [-0.3, -0.25) is 0 Å². The Morgan fingerprint density at radius 3 is 2.53 bits per heavy atom. The molecule has 1 aromatic rings. The summed E-state index contributed by atoms with van der Waals surface area (Å²) in [7, 11) is 3.85. The summed E-state index contributed by atoms with van der Waals surface area (Å²) in [6.07, 6.45) is 1.04. The molecule has 1 rings (SSSR count). The molecule has 2 nitrogen and oxygen atoms in total. The van der Waals surface area contributed by atoms with Crippen LogP contribution in [0, 0.1) is 11.7 Å². The molecule has 0 heterocycles. The standard InChI is InChI=1S/C13H20ClFN2/c1-4-9(8-16-2)13(17-3)10-5-6-12(15)11(14)7-10/h5-7,9,13,16-17H,4,8H2,1-3H3. The molecule has 0 spiro atoms. The summed E-state index contributed by atoms with van der Waals surface area (Å²) in [5.74, 6) is 0.0819. The Morgan fingerprint density at radius 2 is 2.06 bits per heavy atom. The van der Waals surface area contributed by atoms with E-state index < -0.39 is 0 Å². The molecule has 2 atom stereocenters. The van der Waals surface area contributed by atoms with Gasteiger partial charge < -0.3 is 10.6 Å². The van der Waals surface area contributed by atoms with Gasteiger partial charge in [-0.1, -0.05) is 31.0 Å². The lowest BCUT2D eigenvalue weighted by molar-refractivity contribution is 0.359. The number of halogens is 2. The predicted molar refractivity (Wildman–Crippen MR) is 70.9 cm³/mol. The van der Waals surface area contributed by atoms with Gasteiger partial charge in [0.05, 0.1) is 5.02 Å². The number of nitrogens with one attached hydrogen (secondary N) is 2. The molecule has 0 aliphatic carbocycles. The topological polar surface area (TPSA) is 24.1 Å². The number of hydrogen-bond donors (Lipinski definition) is 2. The van der Waals surface area contributed by atoms with Crippen molar-refractivity contribution in [2.75, 3.05) is 20.6 Å². The van der Waals surface area contributed by atoms with Gasteiger partial charge in [0, 0.05) is 6.04 Å². The first-order chi connectivity index (χ1) is 8.13. The normalized spacial score (nSPS) is 14.6. The van der Waals surface area contributed by atoms with E-state index in [4.69, 9.17) is 11.6 Å². The largest absolute Gasteiger partial charge is 0.319 e. The fourth-order valence-corrected chi connectivity index (χ4v) is 2.33. The molecular weight excluding hydrogens is 239 g/mol. The van der Waals surface area contributed by atoms with Crippen molar-refractivity contribution in [1.29, 1.82) is 0 Å². The molecule has 0 aromatic heterocycles. The lowest BCUT2D eigenvalue weighted by atomic mass is 9.91. The molecular formula is C13H20ClFN2. The van der Waals surface area contributed by atoms with E-state index in [9.17, 15) is 4.39 Å². The first-order valence-electron chi connectivity index (χ1n) is 5.90. The van der Waals surface area contributed by atoms with Crippen molar-refractivity contribution < 1.29 is 4.39 Å². The number of hydrogen-bond acceptors (Lipinski definition) is 2. The van der Waals surface area contributed by atoms with Crippen LogP contribution >= 0.6 is 11.6 Å². The van der Waals surface area contributed by atoms with Gasteiger partial charge in [-0.05, 0) is 44.3 Å². The van der Waals surface area contributed by atoms with Crippen LogP contribution in [0.15, 0.2) is 18.2 Å². The van der Waals surface area contributed by atoms with E-state index in [0.29, 0.717) is 5.92 Å². The minimum Gasteiger partial charge on any atom is -0.319 e. The summed E-state index contributed by atoms with van der Waals surface area (Å²) in [5, 5.41) is 6.64. The van der Waals surface area contributed by atoms with Gasteiger partial charge in [-0.15, -0.1) is 0 Å². The van der Waals surface area contributed by atoms with Crippen LogP contribution in [0.3, 0.4) is 0 Å². The van der Waals surface area contributed by atoms with Crippen molar-refractivity contribution in [2.24, 2.45) is 5.92 Å². The zero-order valence-corrected chi connectivity index (χ0v) is 11.3. The summed E-state index contributed by atoms with van der Waals surface area (Å²) in [5.41, 5.74) is 1.03. The quantitative estimate of drug-likeness (QED) is 0.820. The Morgan fingerprint density at radius 1 is 1.35 bits per heavy atom. The summed E-state index contributed by atoms with van der Waals surface area (Å²) < 4.78 is 13.1. The fourth-order valence-electron chi connectivity index (χ4n) is 2.14. The fraction of sp³-hybridized carbons (Fsp3) is 0.538. The zero-order valence-electron chi connectivity index (χ0n) is 10.6. The molecule has 0 bridgehead atoms. The molecule has 4 heteroatoms. The van der Waals surface area contributed by atoms with Crippen molar-refractivity contribution in [3.63, 3.8) is 0 Å². The highest BCUT2D eigenvalue weighted by molar-refractivity contribution is 6.30. The predicted octanol–water partition coefficient (Wildman–Crippen LogP) is 2.99. The SMILES string of the molecule is CCC(CNC)C(NC)c1ccc(F)c(Cl)c1. The van der Waals surface area contributed by atoms with Gasteiger partial charge in [0.1, 0.15) is 5.82 Å². The molecule has 0 aliphatic rings. The summed E-state index contributed by atoms with van der Waals surface area (Å²) >= 11 is 5.82. The Hall–Kier alpha value is -0.640. The van der Waals surface area contributed by atoms with Crippen molar-refractivity contribution in [1.82, 2.24) is 10.6 Å². The highest BCUT2D eigenvalue weighted by Crippen LogP contribution is 2.27. The van der Waals surface area contributed by atoms with Crippen molar-refractivity contribution in [3.8, 4) is 0 Å². The zero-order chi connectivity index (χ0) is 12.8. The van der Waals surface area contributed by atoms with Crippen molar-refractivity contribution in [3.05, 3.63) is 34.6 Å². The van der Waals surface area contributed by atoms with E-state index in [1.807, 2.05) is 14.1 Å². The van der Waals surface area contributed by atoms with Crippen LogP contribution in [0.2, 0.25) is 5.02 Å². The summed E-state index contributed by atoms with van der Waals surface area (Å²) in [6, 6.07) is 5.11. The molecule has 0 aliphatic heterocycles. The Balaban J connectivity index is 2.95. The minimum atomic E-state index is -0.369. The van der Waals surface area contributed by atoms with E-state index >= 15 is 0 Å². The maximum atomic E-state index is 13.1. The molecule has 0 amide bonds. The molecule has 96 valence electrons. The molecule has 1 aromatic carbocycles. The highest BCUT2D eigenvalue weighted by atomic mass is 35.5. The van der Waals surface area contributed by atoms with Crippen LogP contribution in [0.25, 0.3) is 0 Å². The van der Waals surface area contributed by atoms with Crippen LogP contribution in [0.4, 0.5) is 4.39 Å². The summed E-state index contributed by atoms with van der Waals surface area (Å²) in [6.45, 7) is 3.06. The number of rotatable bonds is 6. The molecule has 0 radical (unpaired) electrons. The van der Waals surface area contributed by atoms with Crippen molar-refractivity contribution >= 4 is 11.6 Å². The van der Waals surface area contributed by atoms with E-state index in [0.717, 1.165) is 18.5 Å². The van der Waals surface area contributed by atoms with E-state index in [-0.39, 0.29) is 16.9 Å². The molecule has 2 N–H and O–H groups in total. The Bertz CT molecular complexity index is 357. The average molecular weight is 259 g/mol. The maximum absolute atomic E-state index is 13.1. The smallest absolute Gasteiger partial charge is 0.141 e. The first kappa shape index (κ1) is 14.4. The molecule has 2 unspecified atom stereocenters. The van der Waals surface area contributed by atoms with Gasteiger partial charge in [0.2, 0.25) is 0 Å². The van der Waals surface area contributed by atoms with Crippen LogP contribution in [-0.2, 0) is 0 Å². The van der Waals surface area contributed by atoms with Gasteiger partial charge in [-0.25, -0.2) is 4.39 Å². The minimum absolute atomic E-state index is 0.182. The lowest BCUT2D eigenvalue weighted by Crippen LogP contribution is -2.31. The van der Waals surface area contributed by atoms with E-state index in [1.54, 1.807) is 12.1 Å². The highest BCUT2D eigenvalue weighted by Gasteiger charge is 2.20. The molecule has 0 fully saturated rings. The van der Waals surface area contributed by atoms with Crippen LogP contribution in [-0.4, -0.2) is 20.6 Å². The second-order valence-corrected chi connectivity index (χ2v) is 4.57. The third kappa shape index (κ3) is 3.66. The van der Waals surface area contributed by atoms with Crippen LogP contribution in [0.5, 0.6) is 0 Å². The second kappa shape index (κ2) is 6.94. The van der Waals surface area contributed by atoms with Gasteiger partial charge in [-0.2, -0.15) is 0 Å². The molecule has 17 heavy (non-hydrogen) atoms. The lowest BCUT2D eigenvalue weighted by Gasteiger charge is -2.26. The van der Waals surface area contributed by atoms with Gasteiger partial charge in [0.15, 0.2) is 0 Å². The summed E-state index contributed by atoms with van der Waals surface area (Å²) in [4.78, 5) is 0. The van der Waals surface area contributed by atoms with E-state index in [2.05, 4.69) is 17.6 Å². The second-order valence-electron chi connectivity index (χ2n) is 4.17. The number of benzene rings is 1. The Labute approximate surface area is 108 Å². The maximum Gasteiger partial charge on any atom is 0.141 e. The molecule has 0 saturated carbocycles. The van der Waals surface area contributed by atoms with E-state index in [1.165, 1.54) is 6.07 Å². The first-order valence-corrected chi connectivity index (χ1v) is 6.28. The third-order valence-electron chi connectivity index (χ3n) is 3.08. The van der Waals surface area contributed by atoms with Crippen LogP contribution < -0.4 is 10.6 Å². The monoisotopic (exact) mass is 258 g/mol. The van der Waals surface area contributed by atoms with Crippen LogP contribution in [0.1, 0.15) is 24.9 Å². The average Bonchev–Trinajstić information content (AvgIpc) is 2.33. The van der Waals surface area contributed by atoms with Gasteiger partial charge >= 0.3 is 0 Å². The Kier molecular flexibility index (Phi) is 5.89.